The predicted molar refractivity (Wildman–Crippen MR) is 98.2 cm³/mol. The van der Waals surface area contributed by atoms with Gasteiger partial charge in [-0.3, -0.25) is 19.7 Å². The Labute approximate surface area is 158 Å². The molecule has 0 spiro atoms. The number of carbonyl (C=O) groups excluding carboxylic acids is 1. The van der Waals surface area contributed by atoms with Crippen molar-refractivity contribution in [2.45, 2.75) is 6.54 Å². The van der Waals surface area contributed by atoms with Gasteiger partial charge in [-0.15, -0.1) is 0 Å². The normalized spacial score (nSPS) is 10.5. The van der Waals surface area contributed by atoms with Crippen molar-refractivity contribution in [2.24, 2.45) is 0 Å². The number of hydrogen-bond donors (Lipinski definition) is 1. The third-order valence-corrected chi connectivity index (χ3v) is 3.86. The SMILES string of the molecule is COc1ccc(-c2ccc(=O)n(CCNC(=O)c3ccc([N+](=O)[O-])o3)n2)cc1. The largest absolute Gasteiger partial charge is 0.497 e. The predicted octanol–water partition coefficient (Wildman–Crippen LogP) is 1.85. The molecular weight excluding hydrogens is 368 g/mol. The molecular formula is C18H16N4O6. The third kappa shape index (κ3) is 4.23. The van der Waals surface area contributed by atoms with Gasteiger partial charge in [0.2, 0.25) is 0 Å². The molecule has 1 amide bonds. The number of aromatic nitrogens is 2. The minimum atomic E-state index is -0.731. The van der Waals surface area contributed by atoms with Gasteiger partial charge in [0.15, 0.2) is 5.76 Å². The topological polar surface area (TPSA) is 130 Å². The molecule has 0 radical (unpaired) electrons. The molecule has 0 saturated carbocycles. The number of rotatable bonds is 7. The lowest BCUT2D eigenvalue weighted by Crippen LogP contribution is -2.31. The van der Waals surface area contributed by atoms with E-state index in [0.29, 0.717) is 11.4 Å². The maximum Gasteiger partial charge on any atom is 0.433 e. The summed E-state index contributed by atoms with van der Waals surface area (Å²) in [6.45, 7) is 0.212. The van der Waals surface area contributed by atoms with E-state index in [1.54, 1.807) is 25.3 Å². The Kier molecular flexibility index (Phi) is 5.49. The van der Waals surface area contributed by atoms with Crippen LogP contribution in [0.2, 0.25) is 0 Å². The van der Waals surface area contributed by atoms with Gasteiger partial charge in [0.25, 0.3) is 11.5 Å². The number of ether oxygens (including phenoxy) is 1. The monoisotopic (exact) mass is 384 g/mol. The number of hydrogen-bond acceptors (Lipinski definition) is 7. The molecule has 28 heavy (non-hydrogen) atoms. The molecule has 10 heteroatoms. The second kappa shape index (κ2) is 8.16. The van der Waals surface area contributed by atoms with Crippen LogP contribution in [0.25, 0.3) is 11.3 Å². The molecule has 0 aliphatic rings. The highest BCUT2D eigenvalue weighted by Crippen LogP contribution is 2.19. The minimum absolute atomic E-state index is 0.0896. The van der Waals surface area contributed by atoms with Crippen LogP contribution in [0.1, 0.15) is 10.6 Å². The molecule has 144 valence electrons. The molecule has 0 bridgehead atoms. The quantitative estimate of drug-likeness (QED) is 0.486. The van der Waals surface area contributed by atoms with Gasteiger partial charge in [-0.05, 0) is 36.4 Å². The molecule has 0 fully saturated rings. The van der Waals surface area contributed by atoms with Crippen LogP contribution in [0.3, 0.4) is 0 Å². The summed E-state index contributed by atoms with van der Waals surface area (Å²) in [7, 11) is 1.57. The molecule has 3 rings (SSSR count). The standard InChI is InChI=1S/C18H16N4O6/c1-27-13-4-2-12(3-5-13)14-6-8-16(23)21(20-14)11-10-19-18(24)15-7-9-17(28-15)22(25)26/h2-9H,10-11H2,1H3,(H,19,24). The maximum absolute atomic E-state index is 12.0. The molecule has 2 heterocycles. The van der Waals surface area contributed by atoms with Crippen molar-refractivity contribution < 1.29 is 18.9 Å². The second-order valence-corrected chi connectivity index (χ2v) is 5.66. The number of carbonyl (C=O) groups is 1. The second-order valence-electron chi connectivity index (χ2n) is 5.66. The number of nitro groups is 1. The summed E-state index contributed by atoms with van der Waals surface area (Å²) in [5.41, 5.74) is 1.08. The molecule has 1 aromatic carbocycles. The van der Waals surface area contributed by atoms with Crippen LogP contribution >= 0.6 is 0 Å². The van der Waals surface area contributed by atoms with E-state index in [9.17, 15) is 19.7 Å². The van der Waals surface area contributed by atoms with Crippen molar-refractivity contribution in [3.05, 3.63) is 74.8 Å². The Hall–Kier alpha value is -3.95. The van der Waals surface area contributed by atoms with E-state index in [4.69, 9.17) is 9.15 Å². The Bertz CT molecular complexity index is 1050. The van der Waals surface area contributed by atoms with Crippen LogP contribution in [0.4, 0.5) is 5.88 Å². The van der Waals surface area contributed by atoms with Crippen molar-refractivity contribution in [3.8, 4) is 17.0 Å². The van der Waals surface area contributed by atoms with E-state index in [1.807, 2.05) is 12.1 Å². The van der Waals surface area contributed by atoms with E-state index in [1.165, 1.54) is 16.8 Å². The van der Waals surface area contributed by atoms with Gasteiger partial charge >= 0.3 is 5.88 Å². The molecule has 3 aromatic rings. The fraction of sp³-hybridized carbons (Fsp3) is 0.167. The molecule has 1 N–H and O–H groups in total. The first-order valence-electron chi connectivity index (χ1n) is 8.23. The number of nitrogens with one attached hydrogen (secondary N) is 1. The van der Waals surface area contributed by atoms with E-state index in [2.05, 4.69) is 10.4 Å². The third-order valence-electron chi connectivity index (χ3n) is 3.86. The number of amides is 1. The average molecular weight is 384 g/mol. The van der Waals surface area contributed by atoms with Crippen LogP contribution in [0.5, 0.6) is 5.75 Å². The molecule has 0 aliphatic heterocycles. The Morgan fingerprint density at radius 3 is 2.61 bits per heavy atom. The van der Waals surface area contributed by atoms with Crippen LogP contribution in [-0.2, 0) is 6.54 Å². The van der Waals surface area contributed by atoms with Gasteiger partial charge in [-0.2, -0.15) is 5.10 Å². The van der Waals surface area contributed by atoms with Crippen LogP contribution < -0.4 is 15.6 Å². The van der Waals surface area contributed by atoms with E-state index in [-0.39, 0.29) is 24.4 Å². The van der Waals surface area contributed by atoms with E-state index in [0.717, 1.165) is 11.6 Å². The lowest BCUT2D eigenvalue weighted by atomic mass is 10.1. The smallest absolute Gasteiger partial charge is 0.433 e. The zero-order valence-corrected chi connectivity index (χ0v) is 14.8. The zero-order chi connectivity index (χ0) is 20.1. The van der Waals surface area contributed by atoms with Gasteiger partial charge in [0.05, 0.1) is 25.4 Å². The van der Waals surface area contributed by atoms with Gasteiger partial charge in [0, 0.05) is 18.2 Å². The summed E-state index contributed by atoms with van der Waals surface area (Å²) < 4.78 is 11.2. The summed E-state index contributed by atoms with van der Waals surface area (Å²) in [5, 5.41) is 17.4. The van der Waals surface area contributed by atoms with Gasteiger partial charge < -0.3 is 14.5 Å². The van der Waals surface area contributed by atoms with E-state index < -0.39 is 16.7 Å². The van der Waals surface area contributed by atoms with Crippen molar-refractivity contribution in [1.29, 1.82) is 0 Å². The van der Waals surface area contributed by atoms with Crippen molar-refractivity contribution in [3.63, 3.8) is 0 Å². The average Bonchev–Trinajstić information content (AvgIpc) is 3.20. The van der Waals surface area contributed by atoms with Gasteiger partial charge in [-0.25, -0.2) is 4.68 Å². The maximum atomic E-state index is 12.0. The van der Waals surface area contributed by atoms with Crippen molar-refractivity contribution in [1.82, 2.24) is 15.1 Å². The lowest BCUT2D eigenvalue weighted by molar-refractivity contribution is -0.402. The number of methoxy groups -OCH3 is 1. The first-order valence-corrected chi connectivity index (χ1v) is 8.23. The number of benzene rings is 1. The Balaban J connectivity index is 1.65. The molecule has 0 aliphatic carbocycles. The van der Waals surface area contributed by atoms with Crippen LogP contribution in [0, 0.1) is 10.1 Å². The summed E-state index contributed by atoms with van der Waals surface area (Å²) in [6, 6.07) is 12.5. The Morgan fingerprint density at radius 1 is 1.21 bits per heavy atom. The van der Waals surface area contributed by atoms with E-state index >= 15 is 0 Å². The Morgan fingerprint density at radius 2 is 1.96 bits per heavy atom. The fourth-order valence-electron chi connectivity index (χ4n) is 2.44. The molecule has 10 nitrogen and oxygen atoms in total. The number of furan rings is 1. The zero-order valence-electron chi connectivity index (χ0n) is 14.8. The van der Waals surface area contributed by atoms with Gasteiger partial charge in [0.1, 0.15) is 10.7 Å². The summed E-state index contributed by atoms with van der Waals surface area (Å²) in [4.78, 5) is 33.8. The lowest BCUT2D eigenvalue weighted by Gasteiger charge is -2.08. The van der Waals surface area contributed by atoms with Crippen LogP contribution in [0.15, 0.2) is 57.7 Å². The first kappa shape index (κ1) is 18.8. The summed E-state index contributed by atoms with van der Waals surface area (Å²) in [6.07, 6.45) is 0. The first-order chi connectivity index (χ1) is 13.5. The number of nitrogens with zero attached hydrogens (tertiary/aromatic N) is 3. The summed E-state index contributed by atoms with van der Waals surface area (Å²) >= 11 is 0. The minimum Gasteiger partial charge on any atom is -0.497 e. The summed E-state index contributed by atoms with van der Waals surface area (Å²) in [5.74, 6) is -0.611. The highest BCUT2D eigenvalue weighted by Gasteiger charge is 2.16. The fourth-order valence-corrected chi connectivity index (χ4v) is 2.44. The highest BCUT2D eigenvalue weighted by molar-refractivity contribution is 5.91. The van der Waals surface area contributed by atoms with Crippen molar-refractivity contribution in [2.75, 3.05) is 13.7 Å². The van der Waals surface area contributed by atoms with Gasteiger partial charge in [-0.1, -0.05) is 0 Å². The molecule has 0 saturated heterocycles. The van der Waals surface area contributed by atoms with Crippen LogP contribution in [-0.4, -0.2) is 34.3 Å². The highest BCUT2D eigenvalue weighted by atomic mass is 16.6. The molecule has 0 unspecified atom stereocenters. The molecule has 0 atom stereocenters. The van der Waals surface area contributed by atoms with Crippen molar-refractivity contribution >= 4 is 11.8 Å². The molecule has 2 aromatic heterocycles.